The minimum atomic E-state index is 0.0398. The van der Waals surface area contributed by atoms with Crippen LogP contribution >= 0.6 is 0 Å². The Hall–Kier alpha value is -3.45. The molecule has 0 saturated heterocycles. The molecule has 0 N–H and O–H groups in total. The maximum absolute atomic E-state index is 12.6. The molecule has 0 heterocycles. The second-order valence-corrected chi connectivity index (χ2v) is 6.77. The summed E-state index contributed by atoms with van der Waals surface area (Å²) in [7, 11) is 0. The van der Waals surface area contributed by atoms with Crippen molar-refractivity contribution in [3.05, 3.63) is 126 Å². The van der Waals surface area contributed by atoms with Gasteiger partial charge in [-0.25, -0.2) is 0 Å². The van der Waals surface area contributed by atoms with Crippen LogP contribution in [0.1, 0.15) is 34.0 Å². The molecular formula is C27H24O. The van der Waals surface area contributed by atoms with Gasteiger partial charge in [-0.15, -0.1) is 6.58 Å². The number of carbonyl (C=O) groups excluding carboxylic acids is 1. The van der Waals surface area contributed by atoms with Crippen molar-refractivity contribution in [3.63, 3.8) is 0 Å². The standard InChI is InChI=1S/C27H24O/c1-4-9-20(3)25-17-21(10-5-2)18-26(19-25)22-13-15-24(16-14-22)27(28)23-11-7-6-8-12-23/h4-9,11-19H,1-2,10H2,3H3. The lowest BCUT2D eigenvalue weighted by Gasteiger charge is -2.11. The smallest absolute Gasteiger partial charge is 0.193 e. The molecule has 3 aromatic rings. The average Bonchev–Trinajstić information content (AvgIpc) is 2.74. The molecule has 0 aromatic heterocycles. The Kier molecular flexibility index (Phi) is 6.18. The van der Waals surface area contributed by atoms with Gasteiger partial charge in [0.25, 0.3) is 0 Å². The van der Waals surface area contributed by atoms with Gasteiger partial charge in [-0.1, -0.05) is 91.5 Å². The molecule has 3 rings (SSSR count). The SMILES string of the molecule is C=CC=C(C)c1cc(CC=C)cc(-c2ccc(C(=O)c3ccccc3)cc2)c1. The van der Waals surface area contributed by atoms with Gasteiger partial charge in [0.2, 0.25) is 0 Å². The van der Waals surface area contributed by atoms with E-state index in [4.69, 9.17) is 0 Å². The van der Waals surface area contributed by atoms with Crippen molar-refractivity contribution < 1.29 is 4.79 Å². The molecule has 0 aliphatic heterocycles. The van der Waals surface area contributed by atoms with E-state index in [0.29, 0.717) is 11.1 Å². The van der Waals surface area contributed by atoms with Crippen LogP contribution in [-0.4, -0.2) is 5.78 Å². The first kappa shape index (κ1) is 19.3. The highest BCUT2D eigenvalue weighted by Gasteiger charge is 2.09. The number of benzene rings is 3. The third-order valence-electron chi connectivity index (χ3n) is 4.71. The monoisotopic (exact) mass is 364 g/mol. The molecular weight excluding hydrogens is 340 g/mol. The van der Waals surface area contributed by atoms with Gasteiger partial charge in [-0.3, -0.25) is 4.79 Å². The van der Waals surface area contributed by atoms with Crippen molar-refractivity contribution >= 4 is 11.4 Å². The van der Waals surface area contributed by atoms with E-state index in [1.54, 1.807) is 6.08 Å². The molecule has 0 spiro atoms. The fraction of sp³-hybridized carbons (Fsp3) is 0.0741. The number of hydrogen-bond donors (Lipinski definition) is 0. The third kappa shape index (κ3) is 4.44. The lowest BCUT2D eigenvalue weighted by atomic mass is 9.94. The van der Waals surface area contributed by atoms with E-state index >= 15 is 0 Å². The highest BCUT2D eigenvalue weighted by atomic mass is 16.1. The van der Waals surface area contributed by atoms with Crippen LogP contribution in [0.5, 0.6) is 0 Å². The molecule has 0 saturated carbocycles. The molecule has 0 fully saturated rings. The molecule has 1 heteroatoms. The van der Waals surface area contributed by atoms with E-state index < -0.39 is 0 Å². The van der Waals surface area contributed by atoms with Gasteiger partial charge in [0, 0.05) is 11.1 Å². The molecule has 138 valence electrons. The van der Waals surface area contributed by atoms with Gasteiger partial charge in [-0.05, 0) is 47.2 Å². The molecule has 0 radical (unpaired) electrons. The summed E-state index contributed by atoms with van der Waals surface area (Å²) in [6, 6.07) is 23.7. The summed E-state index contributed by atoms with van der Waals surface area (Å²) < 4.78 is 0. The fourth-order valence-electron chi connectivity index (χ4n) is 3.21. The van der Waals surface area contributed by atoms with Gasteiger partial charge in [0.05, 0.1) is 0 Å². The predicted octanol–water partition coefficient (Wildman–Crippen LogP) is 6.90. The van der Waals surface area contributed by atoms with Crippen LogP contribution in [0.15, 0.2) is 104 Å². The van der Waals surface area contributed by atoms with Crippen LogP contribution in [0.4, 0.5) is 0 Å². The molecule has 1 nitrogen and oxygen atoms in total. The van der Waals surface area contributed by atoms with E-state index in [0.717, 1.165) is 23.1 Å². The van der Waals surface area contributed by atoms with Crippen LogP contribution in [0, 0.1) is 0 Å². The molecule has 0 unspecified atom stereocenters. The first-order chi connectivity index (χ1) is 13.6. The highest BCUT2D eigenvalue weighted by Crippen LogP contribution is 2.27. The van der Waals surface area contributed by atoms with Gasteiger partial charge >= 0.3 is 0 Å². The summed E-state index contributed by atoms with van der Waals surface area (Å²) in [5.74, 6) is 0.0398. The average molecular weight is 364 g/mol. The summed E-state index contributed by atoms with van der Waals surface area (Å²) in [5, 5.41) is 0. The number of allylic oxidation sites excluding steroid dienone is 4. The Bertz CT molecular complexity index is 1020. The van der Waals surface area contributed by atoms with Crippen molar-refractivity contribution in [1.29, 1.82) is 0 Å². The van der Waals surface area contributed by atoms with Crippen molar-refractivity contribution in [1.82, 2.24) is 0 Å². The van der Waals surface area contributed by atoms with Crippen LogP contribution < -0.4 is 0 Å². The first-order valence-electron chi connectivity index (χ1n) is 9.37. The molecule has 0 aliphatic rings. The second-order valence-electron chi connectivity index (χ2n) is 6.77. The Morgan fingerprint density at radius 1 is 0.821 bits per heavy atom. The van der Waals surface area contributed by atoms with E-state index in [-0.39, 0.29) is 5.78 Å². The van der Waals surface area contributed by atoms with Crippen LogP contribution in [0.2, 0.25) is 0 Å². The lowest BCUT2D eigenvalue weighted by molar-refractivity contribution is 0.103. The highest BCUT2D eigenvalue weighted by molar-refractivity contribution is 6.09. The Morgan fingerprint density at radius 2 is 1.50 bits per heavy atom. The Balaban J connectivity index is 1.96. The Morgan fingerprint density at radius 3 is 2.14 bits per heavy atom. The number of rotatable bonds is 7. The van der Waals surface area contributed by atoms with Gasteiger partial charge in [0.15, 0.2) is 5.78 Å². The van der Waals surface area contributed by atoms with Crippen LogP contribution in [-0.2, 0) is 6.42 Å². The fourth-order valence-corrected chi connectivity index (χ4v) is 3.21. The summed E-state index contributed by atoms with van der Waals surface area (Å²) in [6.45, 7) is 9.74. The van der Waals surface area contributed by atoms with Crippen LogP contribution in [0.25, 0.3) is 16.7 Å². The predicted molar refractivity (Wildman–Crippen MR) is 120 cm³/mol. The topological polar surface area (TPSA) is 17.1 Å². The Labute approximate surface area is 167 Å². The summed E-state index contributed by atoms with van der Waals surface area (Å²) in [6.07, 6.45) is 6.54. The largest absolute Gasteiger partial charge is 0.289 e. The van der Waals surface area contributed by atoms with Crippen LogP contribution in [0.3, 0.4) is 0 Å². The number of ketones is 1. The van der Waals surface area contributed by atoms with Gasteiger partial charge < -0.3 is 0 Å². The quantitative estimate of drug-likeness (QED) is 0.253. The normalized spacial score (nSPS) is 11.1. The minimum Gasteiger partial charge on any atom is -0.289 e. The maximum Gasteiger partial charge on any atom is 0.193 e. The zero-order chi connectivity index (χ0) is 19.9. The first-order valence-corrected chi connectivity index (χ1v) is 9.37. The van der Waals surface area contributed by atoms with E-state index in [2.05, 4.69) is 38.3 Å². The molecule has 0 aliphatic carbocycles. The number of hydrogen-bond acceptors (Lipinski definition) is 1. The van der Waals surface area contributed by atoms with Gasteiger partial charge in [-0.2, -0.15) is 0 Å². The minimum absolute atomic E-state index is 0.0398. The van der Waals surface area contributed by atoms with Crippen molar-refractivity contribution in [2.24, 2.45) is 0 Å². The molecule has 28 heavy (non-hydrogen) atoms. The van der Waals surface area contributed by atoms with Crippen molar-refractivity contribution in [2.75, 3.05) is 0 Å². The van der Waals surface area contributed by atoms with E-state index in [9.17, 15) is 4.79 Å². The zero-order valence-corrected chi connectivity index (χ0v) is 16.2. The molecule has 0 bridgehead atoms. The third-order valence-corrected chi connectivity index (χ3v) is 4.71. The van der Waals surface area contributed by atoms with E-state index in [1.165, 1.54) is 11.1 Å². The van der Waals surface area contributed by atoms with Crippen molar-refractivity contribution in [3.8, 4) is 11.1 Å². The molecule has 0 amide bonds. The van der Waals surface area contributed by atoms with Crippen molar-refractivity contribution in [2.45, 2.75) is 13.3 Å². The van der Waals surface area contributed by atoms with E-state index in [1.807, 2.05) is 66.7 Å². The molecule has 3 aromatic carbocycles. The van der Waals surface area contributed by atoms with Gasteiger partial charge in [0.1, 0.15) is 0 Å². The maximum atomic E-state index is 12.6. The molecule has 0 atom stereocenters. The number of carbonyl (C=O) groups is 1. The summed E-state index contributed by atoms with van der Waals surface area (Å²) in [4.78, 5) is 12.6. The zero-order valence-electron chi connectivity index (χ0n) is 16.2. The summed E-state index contributed by atoms with van der Waals surface area (Å²) >= 11 is 0. The second kappa shape index (κ2) is 8.96. The summed E-state index contributed by atoms with van der Waals surface area (Å²) in [5.41, 5.74) is 7.16. The lowest BCUT2D eigenvalue weighted by Crippen LogP contribution is -2.00.